The molecule has 0 aliphatic carbocycles. The molecular formula is C7H9N2O2Pd-. The largest absolute Gasteiger partial charge is 0.477 e. The molecule has 1 aromatic rings. The van der Waals surface area contributed by atoms with Crippen molar-refractivity contribution in [3.05, 3.63) is 37.5 Å². The maximum absolute atomic E-state index is 9.99. The smallest absolute Gasteiger partial charge is 0.353 e. The molecule has 0 atom stereocenters. The predicted molar refractivity (Wildman–Crippen MR) is 41.1 cm³/mol. The second-order valence-corrected chi connectivity index (χ2v) is 1.56. The van der Waals surface area contributed by atoms with Gasteiger partial charge in [0.25, 0.3) is 0 Å². The molecule has 0 aromatic carbocycles. The SMILES string of the molecule is C=C[CH2-].O=C(O)c1ccn[nH]1.[Pd]. The van der Waals surface area contributed by atoms with Crippen molar-refractivity contribution in [3.63, 3.8) is 0 Å². The average molecular weight is 260 g/mol. The minimum atomic E-state index is -0.984. The summed E-state index contributed by atoms with van der Waals surface area (Å²) in [6, 6.07) is 1.39. The first-order chi connectivity index (χ1) is 5.22. The van der Waals surface area contributed by atoms with Gasteiger partial charge in [0.15, 0.2) is 0 Å². The van der Waals surface area contributed by atoms with E-state index in [1.165, 1.54) is 18.3 Å². The van der Waals surface area contributed by atoms with E-state index < -0.39 is 5.97 Å². The predicted octanol–water partition coefficient (Wildman–Crippen LogP) is 1.11. The van der Waals surface area contributed by atoms with Gasteiger partial charge < -0.3 is 5.11 Å². The molecule has 0 aliphatic heterocycles. The summed E-state index contributed by atoms with van der Waals surface area (Å²) in [7, 11) is 0. The average Bonchev–Trinajstić information content (AvgIpc) is 2.38. The fourth-order valence-corrected chi connectivity index (χ4v) is 0.375. The van der Waals surface area contributed by atoms with Crippen LogP contribution in [0.2, 0.25) is 0 Å². The third-order valence-electron chi connectivity index (χ3n) is 0.731. The van der Waals surface area contributed by atoms with Gasteiger partial charge in [-0.25, -0.2) is 24.4 Å². The standard InChI is InChI=1S/C4H4N2O2.C3H5.Pd/c7-4(8)3-1-2-5-6-3;1-3-2;/h1-2H,(H,5,6)(H,7,8);3H,1-2H2;/q;-1;. The Morgan fingerprint density at radius 1 is 1.83 bits per heavy atom. The Balaban J connectivity index is 0. The maximum Gasteiger partial charge on any atom is 0.353 e. The summed E-state index contributed by atoms with van der Waals surface area (Å²) in [4.78, 5) is 9.99. The Morgan fingerprint density at radius 3 is 2.50 bits per heavy atom. The molecule has 0 radical (unpaired) electrons. The molecule has 0 spiro atoms. The van der Waals surface area contributed by atoms with Crippen LogP contribution in [0.3, 0.4) is 0 Å². The third-order valence-corrected chi connectivity index (χ3v) is 0.731. The van der Waals surface area contributed by atoms with Crippen LogP contribution in [0.5, 0.6) is 0 Å². The van der Waals surface area contributed by atoms with Gasteiger partial charge in [-0.2, -0.15) is 5.10 Å². The zero-order valence-corrected chi connectivity index (χ0v) is 7.82. The van der Waals surface area contributed by atoms with Crippen LogP contribution in [-0.4, -0.2) is 21.3 Å². The van der Waals surface area contributed by atoms with Gasteiger partial charge in [-0.3, -0.25) is 5.10 Å². The number of aromatic amines is 1. The van der Waals surface area contributed by atoms with Crippen molar-refractivity contribution in [2.45, 2.75) is 0 Å². The number of H-pyrrole nitrogens is 1. The number of allylic oxidation sites excluding steroid dienone is 1. The van der Waals surface area contributed by atoms with E-state index in [4.69, 9.17) is 5.11 Å². The molecule has 0 bridgehead atoms. The molecule has 1 rings (SSSR count). The molecule has 0 fully saturated rings. The van der Waals surface area contributed by atoms with Crippen LogP contribution in [-0.2, 0) is 20.4 Å². The molecule has 4 nitrogen and oxygen atoms in total. The fraction of sp³-hybridized carbons (Fsp3) is 0. The van der Waals surface area contributed by atoms with E-state index in [2.05, 4.69) is 23.7 Å². The molecule has 12 heavy (non-hydrogen) atoms. The van der Waals surface area contributed by atoms with E-state index in [1.807, 2.05) is 0 Å². The van der Waals surface area contributed by atoms with E-state index >= 15 is 0 Å². The normalized spacial score (nSPS) is 7.00. The van der Waals surface area contributed by atoms with Crippen LogP contribution in [0.4, 0.5) is 0 Å². The summed E-state index contributed by atoms with van der Waals surface area (Å²) in [6.07, 6.45) is 2.89. The first kappa shape index (κ1) is 13.5. The molecule has 0 aliphatic rings. The molecule has 70 valence electrons. The van der Waals surface area contributed by atoms with Crippen LogP contribution < -0.4 is 0 Å². The monoisotopic (exact) mass is 259 g/mol. The van der Waals surface area contributed by atoms with E-state index in [1.54, 1.807) is 0 Å². The first-order valence-electron chi connectivity index (χ1n) is 2.85. The molecule has 1 aromatic heterocycles. The van der Waals surface area contributed by atoms with Crippen LogP contribution >= 0.6 is 0 Å². The van der Waals surface area contributed by atoms with Crippen molar-refractivity contribution in [2.24, 2.45) is 0 Å². The molecule has 0 amide bonds. The van der Waals surface area contributed by atoms with Gasteiger partial charge >= 0.3 is 5.97 Å². The number of rotatable bonds is 1. The molecule has 5 heteroatoms. The Bertz CT molecular complexity index is 221. The number of carboxylic acid groups (broad SMARTS) is 1. The molecule has 1 heterocycles. The van der Waals surface area contributed by atoms with Crippen LogP contribution in [0.1, 0.15) is 10.5 Å². The summed E-state index contributed by atoms with van der Waals surface area (Å²) in [5, 5.41) is 13.9. The van der Waals surface area contributed by atoms with Gasteiger partial charge in [0.05, 0.1) is 0 Å². The quantitative estimate of drug-likeness (QED) is 0.586. The number of aromatic nitrogens is 2. The summed E-state index contributed by atoms with van der Waals surface area (Å²) in [5.74, 6) is -0.984. The van der Waals surface area contributed by atoms with Gasteiger partial charge in [-0.15, -0.1) is 0 Å². The van der Waals surface area contributed by atoms with Crippen LogP contribution in [0.25, 0.3) is 0 Å². The summed E-state index contributed by atoms with van der Waals surface area (Å²) in [5.41, 5.74) is 0.116. The summed E-state index contributed by atoms with van der Waals surface area (Å²) in [6.45, 7) is 6.50. The third kappa shape index (κ3) is 5.72. The van der Waals surface area contributed by atoms with Gasteiger partial charge in [-0.1, -0.05) is 0 Å². The zero-order valence-electron chi connectivity index (χ0n) is 6.27. The number of hydrogen-bond acceptors (Lipinski definition) is 2. The summed E-state index contributed by atoms with van der Waals surface area (Å²) < 4.78 is 0. The van der Waals surface area contributed by atoms with Crippen LogP contribution in [0.15, 0.2) is 24.9 Å². The topological polar surface area (TPSA) is 66.0 Å². The van der Waals surface area contributed by atoms with E-state index in [0.29, 0.717) is 0 Å². The van der Waals surface area contributed by atoms with E-state index in [0.717, 1.165) is 0 Å². The second kappa shape index (κ2) is 8.05. The molecular weight excluding hydrogens is 251 g/mol. The fourth-order valence-electron chi connectivity index (χ4n) is 0.375. The van der Waals surface area contributed by atoms with Crippen molar-refractivity contribution in [1.82, 2.24) is 10.2 Å². The first-order valence-corrected chi connectivity index (χ1v) is 2.85. The Morgan fingerprint density at radius 2 is 2.33 bits per heavy atom. The minimum Gasteiger partial charge on any atom is -0.477 e. The van der Waals surface area contributed by atoms with Gasteiger partial charge in [0.2, 0.25) is 0 Å². The van der Waals surface area contributed by atoms with Gasteiger partial charge in [0, 0.05) is 26.6 Å². The maximum atomic E-state index is 9.99. The number of carboxylic acids is 1. The molecule has 2 N–H and O–H groups in total. The molecule has 0 unspecified atom stereocenters. The number of aromatic carboxylic acids is 1. The Kier molecular flexibility index (Phi) is 9.08. The number of nitrogens with zero attached hydrogens (tertiary/aromatic N) is 1. The van der Waals surface area contributed by atoms with Crippen LogP contribution in [0, 0.1) is 6.92 Å². The number of carbonyl (C=O) groups is 1. The molecule has 0 saturated heterocycles. The Hall–Kier alpha value is -1.05. The van der Waals surface area contributed by atoms with Crippen molar-refractivity contribution in [2.75, 3.05) is 0 Å². The summed E-state index contributed by atoms with van der Waals surface area (Å²) >= 11 is 0. The zero-order chi connectivity index (χ0) is 8.69. The van der Waals surface area contributed by atoms with Crippen molar-refractivity contribution in [3.8, 4) is 0 Å². The second-order valence-electron chi connectivity index (χ2n) is 1.56. The Labute approximate surface area is 84.3 Å². The van der Waals surface area contributed by atoms with Crippen molar-refractivity contribution < 1.29 is 30.3 Å². The van der Waals surface area contributed by atoms with Crippen molar-refractivity contribution >= 4 is 5.97 Å². The number of nitrogens with one attached hydrogen (secondary N) is 1. The van der Waals surface area contributed by atoms with Gasteiger partial charge in [-0.05, 0) is 6.07 Å². The number of hydrogen-bond donors (Lipinski definition) is 2. The molecule has 0 saturated carbocycles. The van der Waals surface area contributed by atoms with E-state index in [-0.39, 0.29) is 26.1 Å². The van der Waals surface area contributed by atoms with Crippen molar-refractivity contribution in [1.29, 1.82) is 0 Å². The van der Waals surface area contributed by atoms with E-state index in [9.17, 15) is 4.79 Å². The minimum absolute atomic E-state index is 0. The van der Waals surface area contributed by atoms with Gasteiger partial charge in [0.1, 0.15) is 5.69 Å².